The number of hydrogen-bond acceptors (Lipinski definition) is 3. The molecule has 0 saturated heterocycles. The van der Waals surface area contributed by atoms with Crippen LogP contribution in [0.4, 0.5) is 13.2 Å². The molecule has 0 aliphatic rings. The SMILES string of the molecule is C=CCn1c(C)nnc1SCc1cccc(C(F)(F)F)c1. The van der Waals surface area contributed by atoms with Crippen LogP contribution in [0, 0.1) is 6.92 Å². The number of rotatable bonds is 5. The van der Waals surface area contributed by atoms with Crippen LogP contribution in [0.5, 0.6) is 0 Å². The maximum atomic E-state index is 12.7. The third-order valence-electron chi connectivity index (χ3n) is 2.84. The molecule has 0 unspecified atom stereocenters. The van der Waals surface area contributed by atoms with Gasteiger partial charge in [-0.25, -0.2) is 0 Å². The highest BCUT2D eigenvalue weighted by Gasteiger charge is 2.30. The number of thioether (sulfide) groups is 1. The van der Waals surface area contributed by atoms with Crippen LogP contribution in [0.15, 0.2) is 42.1 Å². The molecule has 0 bridgehead atoms. The molecule has 0 aliphatic carbocycles. The summed E-state index contributed by atoms with van der Waals surface area (Å²) < 4.78 is 39.8. The largest absolute Gasteiger partial charge is 0.416 e. The summed E-state index contributed by atoms with van der Waals surface area (Å²) in [6, 6.07) is 5.31. The van der Waals surface area contributed by atoms with Gasteiger partial charge in [0.1, 0.15) is 5.82 Å². The average Bonchev–Trinajstić information content (AvgIpc) is 2.78. The first kappa shape index (κ1) is 15.6. The summed E-state index contributed by atoms with van der Waals surface area (Å²) in [4.78, 5) is 0. The van der Waals surface area contributed by atoms with E-state index >= 15 is 0 Å². The lowest BCUT2D eigenvalue weighted by Crippen LogP contribution is -2.05. The molecule has 0 spiro atoms. The van der Waals surface area contributed by atoms with Gasteiger partial charge in [-0.05, 0) is 18.6 Å². The van der Waals surface area contributed by atoms with Crippen LogP contribution >= 0.6 is 11.8 Å². The van der Waals surface area contributed by atoms with Crippen molar-refractivity contribution in [1.82, 2.24) is 14.8 Å². The van der Waals surface area contributed by atoms with Crippen molar-refractivity contribution in [3.8, 4) is 0 Å². The fourth-order valence-corrected chi connectivity index (χ4v) is 2.73. The minimum Gasteiger partial charge on any atom is -0.302 e. The first-order valence-corrected chi connectivity index (χ1v) is 7.20. The quantitative estimate of drug-likeness (QED) is 0.615. The van der Waals surface area contributed by atoms with Crippen LogP contribution in [0.25, 0.3) is 0 Å². The molecule has 0 fully saturated rings. The minimum absolute atomic E-state index is 0.402. The highest BCUT2D eigenvalue weighted by atomic mass is 32.2. The Kier molecular flexibility index (Phi) is 4.72. The van der Waals surface area contributed by atoms with Crippen molar-refractivity contribution in [2.24, 2.45) is 0 Å². The summed E-state index contributed by atoms with van der Waals surface area (Å²) in [5.74, 6) is 1.15. The molecule has 3 nitrogen and oxygen atoms in total. The first-order valence-electron chi connectivity index (χ1n) is 6.21. The second-order valence-corrected chi connectivity index (χ2v) is 5.36. The first-order chi connectivity index (χ1) is 9.91. The number of halogens is 3. The van der Waals surface area contributed by atoms with E-state index in [4.69, 9.17) is 0 Å². The van der Waals surface area contributed by atoms with Gasteiger partial charge in [0.05, 0.1) is 5.56 Å². The summed E-state index contributed by atoms with van der Waals surface area (Å²) in [5, 5.41) is 8.67. The molecule has 2 rings (SSSR count). The van der Waals surface area contributed by atoms with Crippen LogP contribution in [0.2, 0.25) is 0 Å². The van der Waals surface area contributed by atoms with E-state index in [0.717, 1.165) is 18.0 Å². The second kappa shape index (κ2) is 6.34. The summed E-state index contributed by atoms with van der Waals surface area (Å²) in [6.07, 6.45) is -2.59. The summed E-state index contributed by atoms with van der Waals surface area (Å²) in [7, 11) is 0. The Morgan fingerprint density at radius 2 is 2.10 bits per heavy atom. The molecule has 0 aliphatic heterocycles. The lowest BCUT2D eigenvalue weighted by molar-refractivity contribution is -0.137. The van der Waals surface area contributed by atoms with Crippen molar-refractivity contribution >= 4 is 11.8 Å². The number of aromatic nitrogens is 3. The van der Waals surface area contributed by atoms with Crippen LogP contribution < -0.4 is 0 Å². The van der Waals surface area contributed by atoms with Crippen molar-refractivity contribution in [3.63, 3.8) is 0 Å². The predicted octanol–water partition coefficient (Wildman–Crippen LogP) is 4.08. The summed E-state index contributed by atoms with van der Waals surface area (Å²) in [5.41, 5.74) is -0.0371. The van der Waals surface area contributed by atoms with Crippen molar-refractivity contribution < 1.29 is 13.2 Å². The van der Waals surface area contributed by atoms with Gasteiger partial charge >= 0.3 is 6.18 Å². The van der Waals surface area contributed by atoms with E-state index in [0.29, 0.717) is 23.0 Å². The van der Waals surface area contributed by atoms with E-state index in [1.54, 1.807) is 12.1 Å². The third-order valence-corrected chi connectivity index (χ3v) is 3.87. The van der Waals surface area contributed by atoms with Gasteiger partial charge in [-0.1, -0.05) is 36.0 Å². The molecule has 2 aromatic rings. The Bertz CT molecular complexity index is 635. The Hall–Kier alpha value is -1.76. The van der Waals surface area contributed by atoms with Gasteiger partial charge in [-0.15, -0.1) is 16.8 Å². The van der Waals surface area contributed by atoms with Crippen LogP contribution in [-0.2, 0) is 18.5 Å². The zero-order valence-electron chi connectivity index (χ0n) is 11.4. The van der Waals surface area contributed by atoms with Gasteiger partial charge in [0, 0.05) is 12.3 Å². The van der Waals surface area contributed by atoms with Gasteiger partial charge in [0.15, 0.2) is 5.16 Å². The van der Waals surface area contributed by atoms with Crippen LogP contribution in [0.3, 0.4) is 0 Å². The standard InChI is InChI=1S/C14H14F3N3S/c1-3-7-20-10(2)18-19-13(20)21-9-11-5-4-6-12(8-11)14(15,16)17/h3-6,8H,1,7,9H2,2H3. The highest BCUT2D eigenvalue weighted by molar-refractivity contribution is 7.98. The molecular weight excluding hydrogens is 299 g/mol. The molecule has 1 aromatic heterocycles. The van der Waals surface area contributed by atoms with Gasteiger partial charge in [-0.2, -0.15) is 13.2 Å². The Balaban J connectivity index is 2.12. The number of alkyl halides is 3. The molecular formula is C14H14F3N3S. The average molecular weight is 313 g/mol. The minimum atomic E-state index is -4.32. The number of allylic oxidation sites excluding steroid dienone is 1. The molecule has 0 saturated carbocycles. The molecule has 0 radical (unpaired) electrons. The Labute approximate surface area is 124 Å². The van der Waals surface area contributed by atoms with Crippen molar-refractivity contribution in [3.05, 3.63) is 53.9 Å². The van der Waals surface area contributed by atoms with E-state index in [1.807, 2.05) is 11.5 Å². The van der Waals surface area contributed by atoms with Gasteiger partial charge in [0.25, 0.3) is 0 Å². The molecule has 0 N–H and O–H groups in total. The topological polar surface area (TPSA) is 30.7 Å². The van der Waals surface area contributed by atoms with Gasteiger partial charge in [0.2, 0.25) is 0 Å². The molecule has 0 atom stereocenters. The fraction of sp³-hybridized carbons (Fsp3) is 0.286. The normalized spacial score (nSPS) is 11.6. The van der Waals surface area contributed by atoms with Gasteiger partial charge < -0.3 is 4.57 Å². The van der Waals surface area contributed by atoms with E-state index in [1.165, 1.54) is 17.8 Å². The molecule has 0 amide bonds. The maximum Gasteiger partial charge on any atom is 0.416 e. The maximum absolute atomic E-state index is 12.7. The Morgan fingerprint density at radius 1 is 1.33 bits per heavy atom. The zero-order chi connectivity index (χ0) is 15.5. The van der Waals surface area contributed by atoms with Crippen LogP contribution in [0.1, 0.15) is 17.0 Å². The second-order valence-electron chi connectivity index (χ2n) is 4.42. The lowest BCUT2D eigenvalue weighted by atomic mass is 10.1. The summed E-state index contributed by atoms with van der Waals surface area (Å²) in [6.45, 7) is 6.06. The van der Waals surface area contributed by atoms with Gasteiger partial charge in [-0.3, -0.25) is 0 Å². The van der Waals surface area contributed by atoms with E-state index in [2.05, 4.69) is 16.8 Å². The smallest absolute Gasteiger partial charge is 0.302 e. The van der Waals surface area contributed by atoms with Crippen LogP contribution in [-0.4, -0.2) is 14.8 Å². The Morgan fingerprint density at radius 3 is 2.76 bits per heavy atom. The molecule has 7 heteroatoms. The lowest BCUT2D eigenvalue weighted by Gasteiger charge is -2.09. The molecule has 112 valence electrons. The van der Waals surface area contributed by atoms with Crippen molar-refractivity contribution in [2.75, 3.05) is 0 Å². The number of hydrogen-bond donors (Lipinski definition) is 0. The number of benzene rings is 1. The number of nitrogens with zero attached hydrogens (tertiary/aromatic N) is 3. The zero-order valence-corrected chi connectivity index (χ0v) is 12.2. The van der Waals surface area contributed by atoms with E-state index in [9.17, 15) is 13.2 Å². The number of aryl methyl sites for hydroxylation is 1. The monoisotopic (exact) mass is 313 g/mol. The van der Waals surface area contributed by atoms with E-state index in [-0.39, 0.29) is 0 Å². The van der Waals surface area contributed by atoms with Crippen molar-refractivity contribution in [2.45, 2.75) is 30.6 Å². The molecule has 1 aromatic carbocycles. The summed E-state index contributed by atoms with van der Waals surface area (Å²) >= 11 is 1.35. The highest BCUT2D eigenvalue weighted by Crippen LogP contribution is 2.31. The van der Waals surface area contributed by atoms with E-state index < -0.39 is 11.7 Å². The molecule has 1 heterocycles. The predicted molar refractivity (Wildman–Crippen MR) is 76.0 cm³/mol. The third kappa shape index (κ3) is 3.87. The van der Waals surface area contributed by atoms with Crippen molar-refractivity contribution in [1.29, 1.82) is 0 Å². The molecule has 21 heavy (non-hydrogen) atoms. The fourth-order valence-electron chi connectivity index (χ4n) is 1.79.